The first kappa shape index (κ1) is 12.7. The first-order valence-electron chi connectivity index (χ1n) is 4.77. The first-order chi connectivity index (χ1) is 8.11. The first-order valence-corrected chi connectivity index (χ1v) is 4.77. The van der Waals surface area contributed by atoms with Crippen molar-refractivity contribution in [2.75, 3.05) is 11.9 Å². The molecule has 0 aliphatic rings. The summed E-state index contributed by atoms with van der Waals surface area (Å²) in [6, 6.07) is 0. The van der Waals surface area contributed by atoms with E-state index in [0.717, 1.165) is 0 Å². The molecule has 8 nitrogen and oxygen atoms in total. The van der Waals surface area contributed by atoms with Gasteiger partial charge < -0.3 is 9.84 Å². The van der Waals surface area contributed by atoms with Gasteiger partial charge in [0.05, 0.1) is 13.0 Å². The van der Waals surface area contributed by atoms with Crippen LogP contribution in [0.5, 0.6) is 0 Å². The number of aryl methyl sites for hydroxylation is 1. The number of aliphatic carboxylic acids is 1. The summed E-state index contributed by atoms with van der Waals surface area (Å²) in [5, 5.41) is 14.6. The molecule has 1 aromatic heterocycles. The minimum Gasteiger partial charge on any atom is -0.481 e. The summed E-state index contributed by atoms with van der Waals surface area (Å²) in [5.41, 5.74) is 0. The molecule has 2 N–H and O–H groups in total. The van der Waals surface area contributed by atoms with Crippen LogP contribution in [-0.4, -0.2) is 38.5 Å². The van der Waals surface area contributed by atoms with Gasteiger partial charge in [0.1, 0.15) is 12.9 Å². The second kappa shape index (κ2) is 6.26. The van der Waals surface area contributed by atoms with Gasteiger partial charge in [-0.05, 0) is 0 Å². The summed E-state index contributed by atoms with van der Waals surface area (Å²) in [4.78, 5) is 25.2. The van der Waals surface area contributed by atoms with Crippen molar-refractivity contribution in [2.24, 2.45) is 0 Å². The Balaban J connectivity index is 2.42. The third kappa shape index (κ3) is 4.78. The molecule has 0 unspecified atom stereocenters. The van der Waals surface area contributed by atoms with E-state index in [4.69, 9.17) is 5.11 Å². The van der Waals surface area contributed by atoms with Crippen molar-refractivity contribution in [2.45, 2.75) is 13.0 Å². The minimum atomic E-state index is -0.930. The van der Waals surface area contributed by atoms with Crippen LogP contribution in [0.1, 0.15) is 6.42 Å². The quantitative estimate of drug-likeness (QED) is 0.701. The van der Waals surface area contributed by atoms with E-state index in [1.54, 1.807) is 0 Å². The number of hydrogen-bond donors (Lipinski definition) is 2. The lowest BCUT2D eigenvalue weighted by Gasteiger charge is -2.00. The van der Waals surface area contributed by atoms with Gasteiger partial charge in [0.2, 0.25) is 0 Å². The van der Waals surface area contributed by atoms with Crippen LogP contribution in [0.3, 0.4) is 0 Å². The maximum atomic E-state index is 11.1. The molecule has 0 spiro atoms. The van der Waals surface area contributed by atoms with Crippen molar-refractivity contribution < 1.29 is 19.4 Å². The SMILES string of the molecule is C=CCOC(=O)Nc1ncn(CCC(=O)O)n1. The number of rotatable bonds is 6. The highest BCUT2D eigenvalue weighted by molar-refractivity contribution is 5.82. The highest BCUT2D eigenvalue weighted by Crippen LogP contribution is 1.98. The number of anilines is 1. The van der Waals surface area contributed by atoms with Crippen LogP contribution in [0.2, 0.25) is 0 Å². The number of ether oxygens (including phenoxy) is 1. The predicted octanol–water partition coefficient (Wildman–Crippen LogP) is 0.487. The van der Waals surface area contributed by atoms with E-state index >= 15 is 0 Å². The number of nitrogens with one attached hydrogen (secondary N) is 1. The van der Waals surface area contributed by atoms with Crippen LogP contribution >= 0.6 is 0 Å². The fourth-order valence-electron chi connectivity index (χ4n) is 0.932. The predicted molar refractivity (Wildman–Crippen MR) is 57.4 cm³/mol. The van der Waals surface area contributed by atoms with Crippen molar-refractivity contribution in [1.29, 1.82) is 0 Å². The minimum absolute atomic E-state index is 0.0597. The lowest BCUT2D eigenvalue weighted by Crippen LogP contribution is -2.15. The molecule has 0 aliphatic heterocycles. The number of aromatic nitrogens is 3. The van der Waals surface area contributed by atoms with Gasteiger partial charge in [-0.3, -0.25) is 14.8 Å². The molecule has 0 fully saturated rings. The zero-order valence-corrected chi connectivity index (χ0v) is 9.00. The number of carbonyl (C=O) groups is 2. The van der Waals surface area contributed by atoms with Crippen LogP contribution in [-0.2, 0) is 16.1 Å². The Hall–Kier alpha value is -2.38. The van der Waals surface area contributed by atoms with Gasteiger partial charge in [-0.15, -0.1) is 5.10 Å². The zero-order valence-electron chi connectivity index (χ0n) is 9.00. The molecule has 0 atom stereocenters. The largest absolute Gasteiger partial charge is 0.481 e. The summed E-state index contributed by atoms with van der Waals surface area (Å²) in [5.74, 6) is -0.871. The molecule has 1 amide bonds. The van der Waals surface area contributed by atoms with Crippen molar-refractivity contribution in [1.82, 2.24) is 14.8 Å². The number of hydrogen-bond acceptors (Lipinski definition) is 5. The molecule has 0 saturated heterocycles. The topological polar surface area (TPSA) is 106 Å². The van der Waals surface area contributed by atoms with E-state index in [1.165, 1.54) is 17.1 Å². The second-order valence-corrected chi connectivity index (χ2v) is 2.99. The molecular formula is C9H12N4O4. The van der Waals surface area contributed by atoms with Crippen LogP contribution in [0.25, 0.3) is 0 Å². The van der Waals surface area contributed by atoms with E-state index in [2.05, 4.69) is 26.7 Å². The van der Waals surface area contributed by atoms with E-state index in [1.807, 2.05) is 0 Å². The van der Waals surface area contributed by atoms with Gasteiger partial charge >= 0.3 is 12.1 Å². The summed E-state index contributed by atoms with van der Waals surface area (Å²) in [6.07, 6.45) is 2.00. The molecule has 0 aromatic carbocycles. The van der Waals surface area contributed by atoms with E-state index in [9.17, 15) is 9.59 Å². The van der Waals surface area contributed by atoms with Crippen molar-refractivity contribution in [3.05, 3.63) is 19.0 Å². The average Bonchev–Trinajstić information content (AvgIpc) is 2.71. The van der Waals surface area contributed by atoms with E-state index in [-0.39, 0.29) is 25.5 Å². The molecule has 0 radical (unpaired) electrons. The van der Waals surface area contributed by atoms with Crippen LogP contribution in [0.15, 0.2) is 19.0 Å². The Kier molecular flexibility index (Phi) is 4.67. The average molecular weight is 240 g/mol. The number of carboxylic acid groups (broad SMARTS) is 1. The van der Waals surface area contributed by atoms with E-state index < -0.39 is 12.1 Å². The molecule has 92 valence electrons. The number of nitrogens with zero attached hydrogens (tertiary/aromatic N) is 3. The van der Waals surface area contributed by atoms with Gasteiger partial charge in [-0.25, -0.2) is 9.78 Å². The van der Waals surface area contributed by atoms with Gasteiger partial charge in [-0.2, -0.15) is 0 Å². The Morgan fingerprint density at radius 1 is 1.65 bits per heavy atom. The molecule has 0 aliphatic carbocycles. The van der Waals surface area contributed by atoms with Gasteiger partial charge in [0, 0.05) is 0 Å². The summed E-state index contributed by atoms with van der Waals surface area (Å²) < 4.78 is 5.97. The standard InChI is InChI=1S/C9H12N4O4/c1-2-5-17-9(16)11-8-10-6-13(12-8)4-3-7(14)15/h2,6H,1,3-5H2,(H,14,15)(H,11,12,16). The highest BCUT2D eigenvalue weighted by atomic mass is 16.5. The highest BCUT2D eigenvalue weighted by Gasteiger charge is 2.07. The Morgan fingerprint density at radius 2 is 2.41 bits per heavy atom. The van der Waals surface area contributed by atoms with Crippen molar-refractivity contribution in [3.8, 4) is 0 Å². The Morgan fingerprint density at radius 3 is 3.06 bits per heavy atom. The third-order valence-electron chi connectivity index (χ3n) is 1.64. The van der Waals surface area contributed by atoms with Crippen LogP contribution in [0, 0.1) is 0 Å². The molecule has 1 aromatic rings. The summed E-state index contributed by atoms with van der Waals surface area (Å²) in [7, 11) is 0. The zero-order chi connectivity index (χ0) is 12.7. The molecule has 17 heavy (non-hydrogen) atoms. The summed E-state index contributed by atoms with van der Waals surface area (Å²) in [6.45, 7) is 3.66. The number of carboxylic acids is 1. The maximum Gasteiger partial charge on any atom is 0.414 e. The molecule has 0 bridgehead atoms. The molecule has 8 heteroatoms. The third-order valence-corrected chi connectivity index (χ3v) is 1.64. The molecular weight excluding hydrogens is 228 g/mol. The normalized spacial score (nSPS) is 9.65. The fourth-order valence-corrected chi connectivity index (χ4v) is 0.932. The Bertz CT molecular complexity index is 415. The van der Waals surface area contributed by atoms with Gasteiger partial charge in [0.25, 0.3) is 5.95 Å². The number of carbonyl (C=O) groups excluding carboxylic acids is 1. The monoisotopic (exact) mass is 240 g/mol. The van der Waals surface area contributed by atoms with Crippen molar-refractivity contribution in [3.63, 3.8) is 0 Å². The fraction of sp³-hybridized carbons (Fsp3) is 0.333. The maximum absolute atomic E-state index is 11.1. The lowest BCUT2D eigenvalue weighted by molar-refractivity contribution is -0.137. The summed E-state index contributed by atoms with van der Waals surface area (Å²) >= 11 is 0. The smallest absolute Gasteiger partial charge is 0.414 e. The van der Waals surface area contributed by atoms with Crippen LogP contribution < -0.4 is 5.32 Å². The van der Waals surface area contributed by atoms with Crippen molar-refractivity contribution >= 4 is 18.0 Å². The van der Waals surface area contributed by atoms with Gasteiger partial charge in [0.15, 0.2) is 0 Å². The Labute approximate surface area is 96.9 Å². The molecule has 1 heterocycles. The lowest BCUT2D eigenvalue weighted by atomic mass is 10.4. The molecule has 1 rings (SSSR count). The number of amides is 1. The van der Waals surface area contributed by atoms with Gasteiger partial charge in [-0.1, -0.05) is 12.7 Å². The molecule has 0 saturated carbocycles. The van der Waals surface area contributed by atoms with Crippen LogP contribution in [0.4, 0.5) is 10.7 Å². The second-order valence-electron chi connectivity index (χ2n) is 2.99. The van der Waals surface area contributed by atoms with E-state index in [0.29, 0.717) is 0 Å².